The number of hydrogen-bond donors (Lipinski definition) is 0. The molecule has 0 fully saturated rings. The van der Waals surface area contributed by atoms with E-state index in [9.17, 15) is 14.4 Å². The predicted molar refractivity (Wildman–Crippen MR) is 316 cm³/mol. The molecule has 73 heavy (non-hydrogen) atoms. The molecule has 0 aromatic carbocycles. The maximum absolute atomic E-state index is 12.8. The Morgan fingerprint density at radius 2 is 0.548 bits per heavy atom. The fraction of sp³-hybridized carbons (Fsp3) is 0.657. The van der Waals surface area contributed by atoms with Crippen LogP contribution in [0.5, 0.6) is 0 Å². The zero-order valence-corrected chi connectivity index (χ0v) is 47.4. The van der Waals surface area contributed by atoms with Crippen LogP contribution in [0, 0.1) is 0 Å². The Bertz CT molecular complexity index is 1540. The second-order valence-corrected chi connectivity index (χ2v) is 19.5. The topological polar surface area (TPSA) is 78.9 Å². The first-order valence-electron chi connectivity index (χ1n) is 30.0. The highest BCUT2D eigenvalue weighted by atomic mass is 16.6. The molecular weight excluding hydrogens is 901 g/mol. The Hall–Kier alpha value is -4.19. The zero-order valence-electron chi connectivity index (χ0n) is 47.4. The van der Waals surface area contributed by atoms with Crippen LogP contribution in [-0.4, -0.2) is 37.2 Å². The number of hydrogen-bond acceptors (Lipinski definition) is 6. The van der Waals surface area contributed by atoms with Crippen molar-refractivity contribution < 1.29 is 28.6 Å². The van der Waals surface area contributed by atoms with Crippen molar-refractivity contribution in [2.45, 2.75) is 271 Å². The molecule has 0 bridgehead atoms. The Kier molecular flexibility index (Phi) is 56.9. The van der Waals surface area contributed by atoms with Gasteiger partial charge in [-0.15, -0.1) is 0 Å². The molecule has 0 aromatic heterocycles. The van der Waals surface area contributed by atoms with E-state index in [1.807, 2.05) is 0 Å². The van der Waals surface area contributed by atoms with Gasteiger partial charge in [0, 0.05) is 19.3 Å². The normalized spacial score (nSPS) is 13.0. The van der Waals surface area contributed by atoms with Crippen molar-refractivity contribution in [1.29, 1.82) is 0 Å². The standard InChI is InChI=1S/C67H110O6/c1-4-7-10-13-16-19-21-23-25-27-28-29-30-31-32-33-34-35-36-37-38-40-41-43-45-48-51-54-57-60-66(69)72-63-64(62-71-65(68)59-56-53-50-47-18-15-12-9-6-3)73-67(70)61-58-55-52-49-46-44-42-39-26-24-22-20-17-14-11-8-5-2/h7,10,16,19,23-26,28-29,31-32,34-35,37-38,41,43,48,51,64H,4-6,8-9,11-15,17-18,20-22,27,30,33,36,39-40,42,44-47,49-50,52-63H2,1-3H3/b10-7-,19-16-,25-23-,26-24-,29-28-,32-31-,35-34-,38-37-,43-41-,51-48-. The summed E-state index contributed by atoms with van der Waals surface area (Å²) in [5.74, 6) is -0.968. The highest BCUT2D eigenvalue weighted by molar-refractivity contribution is 5.71. The Morgan fingerprint density at radius 3 is 0.904 bits per heavy atom. The van der Waals surface area contributed by atoms with E-state index >= 15 is 0 Å². The van der Waals surface area contributed by atoms with Gasteiger partial charge < -0.3 is 14.2 Å². The molecule has 0 saturated heterocycles. The summed E-state index contributed by atoms with van der Waals surface area (Å²) in [6.45, 7) is 6.45. The van der Waals surface area contributed by atoms with E-state index in [4.69, 9.17) is 14.2 Å². The summed E-state index contributed by atoms with van der Waals surface area (Å²) in [7, 11) is 0. The summed E-state index contributed by atoms with van der Waals surface area (Å²) in [4.78, 5) is 38.1. The van der Waals surface area contributed by atoms with Crippen molar-refractivity contribution in [3.8, 4) is 0 Å². The summed E-state index contributed by atoms with van der Waals surface area (Å²) < 4.78 is 16.8. The molecule has 0 radical (unpaired) electrons. The maximum Gasteiger partial charge on any atom is 0.306 e. The van der Waals surface area contributed by atoms with Crippen LogP contribution >= 0.6 is 0 Å². The van der Waals surface area contributed by atoms with Crippen molar-refractivity contribution in [2.24, 2.45) is 0 Å². The average molecular weight is 1010 g/mol. The van der Waals surface area contributed by atoms with Gasteiger partial charge in [0.2, 0.25) is 0 Å². The van der Waals surface area contributed by atoms with Crippen molar-refractivity contribution in [2.75, 3.05) is 13.2 Å². The van der Waals surface area contributed by atoms with Gasteiger partial charge in [-0.3, -0.25) is 14.4 Å². The molecule has 0 amide bonds. The van der Waals surface area contributed by atoms with Gasteiger partial charge in [-0.1, -0.05) is 258 Å². The van der Waals surface area contributed by atoms with Crippen LogP contribution in [0.2, 0.25) is 0 Å². The fourth-order valence-corrected chi connectivity index (χ4v) is 7.97. The van der Waals surface area contributed by atoms with E-state index < -0.39 is 6.10 Å². The van der Waals surface area contributed by atoms with E-state index in [-0.39, 0.29) is 37.5 Å². The highest BCUT2D eigenvalue weighted by Gasteiger charge is 2.19. The molecular formula is C67H110O6. The number of unbranched alkanes of at least 4 members (excludes halogenated alkanes) is 22. The number of ether oxygens (including phenoxy) is 3. The van der Waals surface area contributed by atoms with E-state index in [2.05, 4.69) is 142 Å². The van der Waals surface area contributed by atoms with Crippen molar-refractivity contribution in [1.82, 2.24) is 0 Å². The van der Waals surface area contributed by atoms with Gasteiger partial charge in [0.1, 0.15) is 13.2 Å². The smallest absolute Gasteiger partial charge is 0.306 e. The predicted octanol–water partition coefficient (Wildman–Crippen LogP) is 20.4. The molecule has 0 saturated carbocycles. The van der Waals surface area contributed by atoms with Crippen molar-refractivity contribution >= 4 is 17.9 Å². The number of allylic oxidation sites excluding steroid dienone is 20. The molecule has 1 unspecified atom stereocenters. The molecule has 6 heteroatoms. The average Bonchev–Trinajstić information content (AvgIpc) is 3.39. The van der Waals surface area contributed by atoms with Gasteiger partial charge in [-0.2, -0.15) is 0 Å². The minimum absolute atomic E-state index is 0.0982. The van der Waals surface area contributed by atoms with Gasteiger partial charge in [0.05, 0.1) is 0 Å². The molecule has 0 aliphatic carbocycles. The Balaban J connectivity index is 4.37. The summed E-state index contributed by atoms with van der Waals surface area (Å²) in [5.41, 5.74) is 0. The van der Waals surface area contributed by atoms with Gasteiger partial charge >= 0.3 is 17.9 Å². The lowest BCUT2D eigenvalue weighted by Crippen LogP contribution is -2.30. The van der Waals surface area contributed by atoms with Gasteiger partial charge in [0.25, 0.3) is 0 Å². The highest BCUT2D eigenvalue weighted by Crippen LogP contribution is 2.14. The summed E-state index contributed by atoms with van der Waals surface area (Å²) in [6.07, 6.45) is 83.5. The van der Waals surface area contributed by atoms with Crippen molar-refractivity contribution in [3.63, 3.8) is 0 Å². The molecule has 0 N–H and O–H groups in total. The summed E-state index contributed by atoms with van der Waals surface area (Å²) >= 11 is 0. The molecule has 1 atom stereocenters. The third kappa shape index (κ3) is 58.6. The first-order valence-corrected chi connectivity index (χ1v) is 30.0. The summed E-state index contributed by atoms with van der Waals surface area (Å²) in [5, 5.41) is 0. The van der Waals surface area contributed by atoms with Gasteiger partial charge in [0.15, 0.2) is 6.10 Å². The summed E-state index contributed by atoms with van der Waals surface area (Å²) in [6, 6.07) is 0. The number of esters is 3. The quantitative estimate of drug-likeness (QED) is 0.0261. The fourth-order valence-electron chi connectivity index (χ4n) is 7.97. The second kappa shape index (κ2) is 60.4. The lowest BCUT2D eigenvalue weighted by molar-refractivity contribution is -0.167. The van der Waals surface area contributed by atoms with E-state index in [0.29, 0.717) is 19.3 Å². The molecule has 0 heterocycles. The number of carbonyl (C=O) groups excluding carboxylic acids is 3. The molecule has 6 nitrogen and oxygen atoms in total. The monoisotopic (exact) mass is 1010 g/mol. The maximum atomic E-state index is 12.8. The first kappa shape index (κ1) is 68.8. The molecule has 0 aliphatic rings. The Morgan fingerprint density at radius 1 is 0.288 bits per heavy atom. The van der Waals surface area contributed by atoms with Crippen LogP contribution < -0.4 is 0 Å². The van der Waals surface area contributed by atoms with E-state index in [1.54, 1.807) is 0 Å². The first-order chi connectivity index (χ1) is 36.0. The van der Waals surface area contributed by atoms with Gasteiger partial charge in [-0.25, -0.2) is 0 Å². The lowest BCUT2D eigenvalue weighted by atomic mass is 10.1. The molecule has 0 rings (SSSR count). The van der Waals surface area contributed by atoms with E-state index in [0.717, 1.165) is 103 Å². The van der Waals surface area contributed by atoms with Crippen LogP contribution in [-0.2, 0) is 28.6 Å². The van der Waals surface area contributed by atoms with Crippen LogP contribution in [0.3, 0.4) is 0 Å². The molecule has 0 aliphatic heterocycles. The van der Waals surface area contributed by atoms with Crippen LogP contribution in [0.1, 0.15) is 265 Å². The zero-order chi connectivity index (χ0) is 52.9. The third-order valence-corrected chi connectivity index (χ3v) is 12.5. The van der Waals surface area contributed by atoms with Gasteiger partial charge in [-0.05, 0) is 109 Å². The molecule has 0 spiro atoms. The molecule has 414 valence electrons. The minimum atomic E-state index is -0.804. The number of carbonyl (C=O) groups is 3. The SMILES string of the molecule is CC/C=C\C/C=C\C/C=C\C/C=C\C/C=C\C/C=C\C/C=C\C/C=C\C/C=C\CCCC(=O)OCC(COC(=O)CCCCCCCCCCC)OC(=O)CCCCCCCCC/C=C\CCCCCCCC. The second-order valence-electron chi connectivity index (χ2n) is 19.5. The van der Waals surface area contributed by atoms with Crippen LogP contribution in [0.25, 0.3) is 0 Å². The third-order valence-electron chi connectivity index (χ3n) is 12.5. The Labute approximate surface area is 450 Å². The van der Waals surface area contributed by atoms with E-state index in [1.165, 1.54) is 116 Å². The van der Waals surface area contributed by atoms with Crippen molar-refractivity contribution in [3.05, 3.63) is 122 Å². The van der Waals surface area contributed by atoms with Crippen LogP contribution in [0.15, 0.2) is 122 Å². The minimum Gasteiger partial charge on any atom is -0.462 e. The largest absolute Gasteiger partial charge is 0.462 e. The molecule has 0 aromatic rings. The lowest BCUT2D eigenvalue weighted by Gasteiger charge is -2.18. The van der Waals surface area contributed by atoms with Crippen LogP contribution in [0.4, 0.5) is 0 Å². The number of rotatable bonds is 53.